The number of hydrogen-bond acceptors (Lipinski definition) is 3. The second kappa shape index (κ2) is 3.44. The number of rotatable bonds is 2. The minimum absolute atomic E-state index is 0.615. The minimum Gasteiger partial charge on any atom is -0.479 e. The van der Waals surface area contributed by atoms with E-state index in [2.05, 4.69) is 9.84 Å². The van der Waals surface area contributed by atoms with Gasteiger partial charge in [-0.15, -0.1) is 5.10 Å². The van der Waals surface area contributed by atoms with Crippen molar-refractivity contribution in [1.82, 2.24) is 9.78 Å². The molecule has 1 aromatic rings. The van der Waals surface area contributed by atoms with E-state index in [9.17, 15) is 18.0 Å². The van der Waals surface area contributed by atoms with Crippen molar-refractivity contribution >= 4 is 5.97 Å². The molecule has 1 aromatic heterocycles. The molecular formula is C7H7F3N2O3. The maximum absolute atomic E-state index is 12.5. The largest absolute Gasteiger partial charge is 0.479 e. The van der Waals surface area contributed by atoms with Gasteiger partial charge in [0, 0.05) is 7.05 Å². The molecule has 0 aliphatic heterocycles. The monoisotopic (exact) mass is 224 g/mol. The average Bonchev–Trinajstić information content (AvgIpc) is 2.41. The van der Waals surface area contributed by atoms with Crippen molar-refractivity contribution in [3.05, 3.63) is 11.3 Å². The molecule has 0 spiro atoms. The van der Waals surface area contributed by atoms with Gasteiger partial charge in [0.05, 0.1) is 7.11 Å². The van der Waals surface area contributed by atoms with Crippen LogP contribution in [0.4, 0.5) is 13.2 Å². The first-order valence-corrected chi connectivity index (χ1v) is 3.70. The Balaban J connectivity index is 3.50. The van der Waals surface area contributed by atoms with Crippen LogP contribution < -0.4 is 4.74 Å². The lowest BCUT2D eigenvalue weighted by Crippen LogP contribution is -2.14. The summed E-state index contributed by atoms with van der Waals surface area (Å²) in [7, 11) is 2.09. The number of ether oxygens (including phenoxy) is 1. The lowest BCUT2D eigenvalue weighted by atomic mass is 10.2. The summed E-state index contributed by atoms with van der Waals surface area (Å²) in [5.41, 5.74) is -2.32. The second-order valence-electron chi connectivity index (χ2n) is 2.66. The van der Waals surface area contributed by atoms with Crippen molar-refractivity contribution in [1.29, 1.82) is 0 Å². The molecule has 1 N–H and O–H groups in total. The van der Waals surface area contributed by atoms with Gasteiger partial charge in [-0.25, -0.2) is 4.79 Å². The summed E-state index contributed by atoms with van der Waals surface area (Å²) in [5, 5.41) is 11.9. The Morgan fingerprint density at radius 1 is 1.53 bits per heavy atom. The average molecular weight is 224 g/mol. The third kappa shape index (κ3) is 1.88. The van der Waals surface area contributed by atoms with Crippen LogP contribution in [-0.4, -0.2) is 28.0 Å². The number of carboxylic acids is 1. The molecule has 1 rings (SSSR count). The van der Waals surface area contributed by atoms with Crippen molar-refractivity contribution in [3.63, 3.8) is 0 Å². The fraction of sp³-hybridized carbons (Fsp3) is 0.429. The topological polar surface area (TPSA) is 64.4 Å². The number of nitrogens with zero attached hydrogens (tertiary/aromatic N) is 2. The number of halogens is 3. The molecule has 0 amide bonds. The molecule has 0 aliphatic carbocycles. The molecule has 8 heteroatoms. The smallest absolute Gasteiger partial charge is 0.424 e. The molecule has 0 saturated carbocycles. The van der Waals surface area contributed by atoms with Crippen molar-refractivity contribution in [2.45, 2.75) is 6.18 Å². The van der Waals surface area contributed by atoms with Crippen LogP contribution in [0.1, 0.15) is 16.1 Å². The Labute approximate surface area is 82.1 Å². The number of methoxy groups -OCH3 is 1. The zero-order valence-electron chi connectivity index (χ0n) is 7.79. The van der Waals surface area contributed by atoms with Gasteiger partial charge in [-0.2, -0.15) is 13.2 Å². The van der Waals surface area contributed by atoms with Gasteiger partial charge >= 0.3 is 12.1 Å². The molecule has 0 radical (unpaired) electrons. The molecule has 0 unspecified atom stereocenters. The van der Waals surface area contributed by atoms with E-state index in [4.69, 9.17) is 5.11 Å². The lowest BCUT2D eigenvalue weighted by molar-refractivity contribution is -0.139. The van der Waals surface area contributed by atoms with Crippen LogP contribution in [0.5, 0.6) is 5.88 Å². The maximum atomic E-state index is 12.5. The second-order valence-corrected chi connectivity index (χ2v) is 2.66. The van der Waals surface area contributed by atoms with E-state index >= 15 is 0 Å². The number of carbonyl (C=O) groups is 1. The van der Waals surface area contributed by atoms with E-state index in [-0.39, 0.29) is 0 Å². The van der Waals surface area contributed by atoms with E-state index in [1.54, 1.807) is 0 Å². The molecule has 15 heavy (non-hydrogen) atoms. The first-order valence-electron chi connectivity index (χ1n) is 3.70. The summed E-state index contributed by atoms with van der Waals surface area (Å²) in [5.74, 6) is -2.46. The van der Waals surface area contributed by atoms with Gasteiger partial charge in [-0.3, -0.25) is 4.68 Å². The number of aromatic nitrogens is 2. The molecular weight excluding hydrogens is 217 g/mol. The highest BCUT2D eigenvalue weighted by Crippen LogP contribution is 2.37. The number of carboxylic acid groups (broad SMARTS) is 1. The zero-order valence-corrected chi connectivity index (χ0v) is 7.79. The first kappa shape index (κ1) is 11.3. The summed E-state index contributed by atoms with van der Waals surface area (Å²) >= 11 is 0. The van der Waals surface area contributed by atoms with Crippen LogP contribution in [0.25, 0.3) is 0 Å². The van der Waals surface area contributed by atoms with Crippen LogP contribution in [0.3, 0.4) is 0 Å². The summed E-state index contributed by atoms with van der Waals surface area (Å²) in [6.45, 7) is 0. The Morgan fingerprint density at radius 2 is 2.07 bits per heavy atom. The summed E-state index contributed by atoms with van der Waals surface area (Å²) < 4.78 is 42.4. The van der Waals surface area contributed by atoms with Crippen LogP contribution >= 0.6 is 0 Å². The van der Waals surface area contributed by atoms with Crippen LogP contribution in [0.2, 0.25) is 0 Å². The molecule has 0 aliphatic rings. The molecule has 5 nitrogen and oxygen atoms in total. The summed E-state index contributed by atoms with van der Waals surface area (Å²) in [6, 6.07) is 0. The molecule has 0 fully saturated rings. The van der Waals surface area contributed by atoms with Gasteiger partial charge < -0.3 is 9.84 Å². The summed E-state index contributed by atoms with van der Waals surface area (Å²) in [6.07, 6.45) is -4.81. The predicted octanol–water partition coefficient (Wildman–Crippen LogP) is 1.15. The molecule has 0 atom stereocenters. The molecule has 0 bridgehead atoms. The lowest BCUT2D eigenvalue weighted by Gasteiger charge is -2.06. The third-order valence-corrected chi connectivity index (χ3v) is 1.69. The number of hydrogen-bond donors (Lipinski definition) is 1. The summed E-state index contributed by atoms with van der Waals surface area (Å²) in [4.78, 5) is 10.6. The Hall–Kier alpha value is -1.73. The highest BCUT2D eigenvalue weighted by molar-refractivity contribution is 5.88. The van der Waals surface area contributed by atoms with E-state index in [0.717, 1.165) is 14.2 Å². The number of aryl methyl sites for hydroxylation is 1. The van der Waals surface area contributed by atoms with E-state index in [1.807, 2.05) is 0 Å². The van der Waals surface area contributed by atoms with Gasteiger partial charge in [-0.1, -0.05) is 0 Å². The van der Waals surface area contributed by atoms with Crippen LogP contribution in [-0.2, 0) is 13.2 Å². The van der Waals surface area contributed by atoms with E-state index in [1.165, 1.54) is 0 Å². The van der Waals surface area contributed by atoms with E-state index in [0.29, 0.717) is 4.68 Å². The van der Waals surface area contributed by atoms with Crippen molar-refractivity contribution < 1.29 is 27.8 Å². The highest BCUT2D eigenvalue weighted by Gasteiger charge is 2.42. The fourth-order valence-corrected chi connectivity index (χ4v) is 1.14. The van der Waals surface area contributed by atoms with Crippen molar-refractivity contribution in [2.24, 2.45) is 7.05 Å². The highest BCUT2D eigenvalue weighted by atomic mass is 19.4. The minimum atomic E-state index is -4.81. The van der Waals surface area contributed by atoms with Gasteiger partial charge in [-0.05, 0) is 0 Å². The Morgan fingerprint density at radius 3 is 2.40 bits per heavy atom. The van der Waals surface area contributed by atoms with Crippen LogP contribution in [0.15, 0.2) is 0 Å². The predicted molar refractivity (Wildman–Crippen MR) is 41.7 cm³/mol. The van der Waals surface area contributed by atoms with E-state index < -0.39 is 29.3 Å². The van der Waals surface area contributed by atoms with Gasteiger partial charge in [0.2, 0.25) is 5.88 Å². The maximum Gasteiger partial charge on any atom is 0.424 e. The number of alkyl halides is 3. The zero-order chi connectivity index (χ0) is 11.8. The van der Waals surface area contributed by atoms with Crippen molar-refractivity contribution in [3.8, 4) is 5.88 Å². The van der Waals surface area contributed by atoms with Gasteiger partial charge in [0.1, 0.15) is 0 Å². The number of aromatic carboxylic acids is 1. The molecule has 1 heterocycles. The molecule has 0 aromatic carbocycles. The molecule has 84 valence electrons. The molecule has 0 saturated heterocycles. The third-order valence-electron chi connectivity index (χ3n) is 1.69. The Bertz CT molecular complexity index is 397. The van der Waals surface area contributed by atoms with Crippen LogP contribution in [0, 0.1) is 0 Å². The van der Waals surface area contributed by atoms with Gasteiger partial charge in [0.15, 0.2) is 11.3 Å². The normalized spacial score (nSPS) is 11.5. The Kier molecular flexibility index (Phi) is 2.61. The van der Waals surface area contributed by atoms with Crippen molar-refractivity contribution in [2.75, 3.05) is 7.11 Å². The first-order chi connectivity index (χ1) is 6.79. The fourth-order valence-electron chi connectivity index (χ4n) is 1.14. The van der Waals surface area contributed by atoms with Gasteiger partial charge in [0.25, 0.3) is 0 Å². The standard InChI is InChI=1S/C7H7F3N2O3/c1-12-4(6(13)14)3(7(8,9)10)5(11-12)15-2/h1-2H3,(H,13,14). The SMILES string of the molecule is COc1nn(C)c(C(=O)O)c1C(F)(F)F. The quantitative estimate of drug-likeness (QED) is 0.818.